The molecule has 0 bridgehead atoms. The zero-order chi connectivity index (χ0) is 14.4. The highest BCUT2D eigenvalue weighted by Crippen LogP contribution is 2.20. The Labute approximate surface area is 122 Å². The summed E-state index contributed by atoms with van der Waals surface area (Å²) in [6.45, 7) is 7.67. The maximum atomic E-state index is 5.95. The third-order valence-corrected chi connectivity index (χ3v) is 4.13. The van der Waals surface area contributed by atoms with Gasteiger partial charge >= 0.3 is 0 Å². The first-order chi connectivity index (χ1) is 9.70. The summed E-state index contributed by atoms with van der Waals surface area (Å²) in [5.74, 6) is 0.667. The van der Waals surface area contributed by atoms with Crippen molar-refractivity contribution in [3.63, 3.8) is 0 Å². The van der Waals surface area contributed by atoms with Crippen LogP contribution < -0.4 is 5.32 Å². The molecule has 1 fully saturated rings. The van der Waals surface area contributed by atoms with Crippen LogP contribution in [0.2, 0.25) is 0 Å². The van der Waals surface area contributed by atoms with E-state index in [1.807, 2.05) is 7.05 Å². The van der Waals surface area contributed by atoms with Crippen molar-refractivity contribution in [3.8, 4) is 0 Å². The Kier molecular flexibility index (Phi) is 6.02. The normalized spacial score (nSPS) is 18.1. The van der Waals surface area contributed by atoms with E-state index in [1.54, 1.807) is 0 Å². The van der Waals surface area contributed by atoms with E-state index < -0.39 is 0 Å². The first-order valence-electron chi connectivity index (χ1n) is 7.60. The zero-order valence-corrected chi connectivity index (χ0v) is 12.9. The molecule has 1 aromatic carbocycles. The zero-order valence-electron chi connectivity index (χ0n) is 12.9. The van der Waals surface area contributed by atoms with E-state index in [2.05, 4.69) is 37.4 Å². The highest BCUT2D eigenvalue weighted by Gasteiger charge is 2.16. The molecule has 1 aliphatic heterocycles. The van der Waals surface area contributed by atoms with Crippen molar-refractivity contribution in [1.82, 2.24) is 5.32 Å². The Morgan fingerprint density at radius 3 is 2.70 bits per heavy atom. The fourth-order valence-corrected chi connectivity index (χ4v) is 2.81. The van der Waals surface area contributed by atoms with E-state index in [9.17, 15) is 0 Å². The lowest BCUT2D eigenvalue weighted by atomic mass is 9.99. The molecule has 0 saturated carbocycles. The molecular weight excluding hydrogens is 250 g/mol. The van der Waals surface area contributed by atoms with Crippen LogP contribution in [0.4, 0.5) is 0 Å². The van der Waals surface area contributed by atoms with E-state index in [0.717, 1.165) is 39.3 Å². The van der Waals surface area contributed by atoms with Gasteiger partial charge in [-0.25, -0.2) is 0 Å². The molecule has 0 aliphatic carbocycles. The molecule has 3 nitrogen and oxygen atoms in total. The lowest BCUT2D eigenvalue weighted by molar-refractivity contribution is 0.0156. The molecule has 1 aliphatic rings. The summed E-state index contributed by atoms with van der Waals surface area (Å²) in [5, 5.41) is 3.37. The molecule has 20 heavy (non-hydrogen) atoms. The van der Waals surface area contributed by atoms with Gasteiger partial charge in [-0.15, -0.1) is 0 Å². The number of hydrogen-bond donors (Lipinski definition) is 1. The van der Waals surface area contributed by atoms with Crippen LogP contribution in [0, 0.1) is 19.8 Å². The van der Waals surface area contributed by atoms with Gasteiger partial charge in [0, 0.05) is 19.8 Å². The summed E-state index contributed by atoms with van der Waals surface area (Å²) in [7, 11) is 2.00. The Balaban J connectivity index is 1.85. The molecule has 1 unspecified atom stereocenters. The van der Waals surface area contributed by atoms with Gasteiger partial charge in [0.1, 0.15) is 0 Å². The second-order valence-electron chi connectivity index (χ2n) is 5.79. The summed E-state index contributed by atoms with van der Waals surface area (Å²) >= 11 is 0. The van der Waals surface area contributed by atoms with E-state index in [0.29, 0.717) is 5.92 Å². The van der Waals surface area contributed by atoms with Crippen molar-refractivity contribution in [1.29, 1.82) is 0 Å². The number of benzene rings is 1. The molecule has 0 aromatic heterocycles. The lowest BCUT2D eigenvalue weighted by Gasteiger charge is -2.24. The average Bonchev–Trinajstić information content (AvgIpc) is 2.46. The molecule has 0 spiro atoms. The molecular formula is C17H27NO2. The number of nitrogens with one attached hydrogen (secondary N) is 1. The molecule has 1 atom stereocenters. The summed E-state index contributed by atoms with van der Waals surface area (Å²) in [5.41, 5.74) is 3.98. The Morgan fingerprint density at radius 1 is 1.30 bits per heavy atom. The van der Waals surface area contributed by atoms with Crippen molar-refractivity contribution in [3.05, 3.63) is 34.9 Å². The second kappa shape index (κ2) is 7.77. The molecule has 1 saturated heterocycles. The van der Waals surface area contributed by atoms with Crippen LogP contribution in [0.15, 0.2) is 18.2 Å². The van der Waals surface area contributed by atoms with Crippen LogP contribution >= 0.6 is 0 Å². The first kappa shape index (κ1) is 15.5. The summed E-state index contributed by atoms with van der Waals surface area (Å²) < 4.78 is 11.3. The highest BCUT2D eigenvalue weighted by molar-refractivity contribution is 5.32. The molecule has 1 N–H and O–H groups in total. The topological polar surface area (TPSA) is 30.5 Å². The van der Waals surface area contributed by atoms with Gasteiger partial charge in [-0.2, -0.15) is 0 Å². The molecule has 1 heterocycles. The third kappa shape index (κ3) is 4.30. The standard InChI is InChI=1S/C17H27NO2/c1-13-4-5-16(14(2)10-13)17(18-3)12-20-11-15-6-8-19-9-7-15/h4-5,10,15,17-18H,6-9,11-12H2,1-3H3. The van der Waals surface area contributed by atoms with Crippen molar-refractivity contribution in [2.75, 3.05) is 33.5 Å². The van der Waals surface area contributed by atoms with Crippen LogP contribution in [0.1, 0.15) is 35.6 Å². The van der Waals surface area contributed by atoms with Crippen LogP contribution in [-0.4, -0.2) is 33.5 Å². The van der Waals surface area contributed by atoms with Gasteiger partial charge in [0.05, 0.1) is 12.6 Å². The summed E-state index contributed by atoms with van der Waals surface area (Å²) in [4.78, 5) is 0. The number of ether oxygens (including phenoxy) is 2. The Morgan fingerprint density at radius 2 is 2.05 bits per heavy atom. The Bertz CT molecular complexity index is 413. The highest BCUT2D eigenvalue weighted by atomic mass is 16.5. The minimum Gasteiger partial charge on any atom is -0.381 e. The number of rotatable bonds is 6. The molecule has 0 radical (unpaired) electrons. The van der Waals surface area contributed by atoms with Gasteiger partial charge in [-0.05, 0) is 50.8 Å². The quantitative estimate of drug-likeness (QED) is 0.867. The van der Waals surface area contributed by atoms with E-state index in [4.69, 9.17) is 9.47 Å². The fraction of sp³-hybridized carbons (Fsp3) is 0.647. The average molecular weight is 277 g/mol. The fourth-order valence-electron chi connectivity index (χ4n) is 2.81. The molecule has 2 rings (SSSR count). The van der Waals surface area contributed by atoms with Crippen molar-refractivity contribution < 1.29 is 9.47 Å². The van der Waals surface area contributed by atoms with Crippen molar-refractivity contribution >= 4 is 0 Å². The van der Waals surface area contributed by atoms with Crippen LogP contribution in [0.25, 0.3) is 0 Å². The Hall–Kier alpha value is -0.900. The van der Waals surface area contributed by atoms with Crippen molar-refractivity contribution in [2.24, 2.45) is 5.92 Å². The maximum absolute atomic E-state index is 5.95. The summed E-state index contributed by atoms with van der Waals surface area (Å²) in [6.07, 6.45) is 2.27. The van der Waals surface area contributed by atoms with Crippen LogP contribution in [-0.2, 0) is 9.47 Å². The molecule has 0 amide bonds. The number of aryl methyl sites for hydroxylation is 2. The van der Waals surface area contributed by atoms with Gasteiger partial charge in [0.15, 0.2) is 0 Å². The number of hydrogen-bond acceptors (Lipinski definition) is 3. The minimum absolute atomic E-state index is 0.274. The first-order valence-corrected chi connectivity index (χ1v) is 7.60. The second-order valence-corrected chi connectivity index (χ2v) is 5.79. The van der Waals surface area contributed by atoms with E-state index >= 15 is 0 Å². The largest absolute Gasteiger partial charge is 0.381 e. The monoisotopic (exact) mass is 277 g/mol. The molecule has 3 heteroatoms. The van der Waals surface area contributed by atoms with Gasteiger partial charge in [-0.3, -0.25) is 0 Å². The van der Waals surface area contributed by atoms with Crippen LogP contribution in [0.3, 0.4) is 0 Å². The predicted molar refractivity (Wildman–Crippen MR) is 82.1 cm³/mol. The SMILES string of the molecule is CNC(COCC1CCOCC1)c1ccc(C)cc1C. The van der Waals surface area contributed by atoms with Gasteiger partial charge in [0.25, 0.3) is 0 Å². The van der Waals surface area contributed by atoms with E-state index in [-0.39, 0.29) is 6.04 Å². The number of likely N-dealkylation sites (N-methyl/N-ethyl adjacent to an activating group) is 1. The summed E-state index contributed by atoms with van der Waals surface area (Å²) in [6, 6.07) is 6.89. The van der Waals surface area contributed by atoms with Gasteiger partial charge in [-0.1, -0.05) is 23.8 Å². The van der Waals surface area contributed by atoms with E-state index in [1.165, 1.54) is 16.7 Å². The van der Waals surface area contributed by atoms with Gasteiger partial charge in [0.2, 0.25) is 0 Å². The predicted octanol–water partition coefficient (Wildman–Crippen LogP) is 3.01. The molecule has 112 valence electrons. The third-order valence-electron chi connectivity index (χ3n) is 4.13. The molecule has 1 aromatic rings. The van der Waals surface area contributed by atoms with Crippen LogP contribution in [0.5, 0.6) is 0 Å². The van der Waals surface area contributed by atoms with Crippen molar-refractivity contribution in [2.45, 2.75) is 32.7 Å². The lowest BCUT2D eigenvalue weighted by Crippen LogP contribution is -2.26. The smallest absolute Gasteiger partial charge is 0.0661 e. The minimum atomic E-state index is 0.274. The maximum Gasteiger partial charge on any atom is 0.0661 e. The van der Waals surface area contributed by atoms with Gasteiger partial charge < -0.3 is 14.8 Å².